The van der Waals surface area contributed by atoms with Crippen molar-refractivity contribution in [1.82, 2.24) is 4.57 Å². The van der Waals surface area contributed by atoms with Crippen LogP contribution in [0.3, 0.4) is 0 Å². The Kier molecular flexibility index (Phi) is 4.88. The molecule has 0 aliphatic heterocycles. The minimum atomic E-state index is -0.902. The Morgan fingerprint density at radius 3 is 2.32 bits per heavy atom. The first-order valence-electron chi connectivity index (χ1n) is 7.07. The first-order valence-corrected chi connectivity index (χ1v) is 7.07. The molecule has 0 saturated heterocycles. The quantitative estimate of drug-likeness (QED) is 0.890. The highest BCUT2D eigenvalue weighted by Gasteiger charge is 2.22. The highest BCUT2D eigenvalue weighted by Crippen LogP contribution is 2.32. The van der Waals surface area contributed by atoms with Crippen LogP contribution in [0.5, 0.6) is 5.75 Å². The van der Waals surface area contributed by atoms with Crippen LogP contribution in [0.2, 0.25) is 0 Å². The lowest BCUT2D eigenvalue weighted by Gasteiger charge is -2.12. The zero-order valence-electron chi connectivity index (χ0n) is 13.3. The van der Waals surface area contributed by atoms with Gasteiger partial charge in [-0.3, -0.25) is 0 Å². The number of hydrogen-bond acceptors (Lipinski definition) is 3. The van der Waals surface area contributed by atoms with Gasteiger partial charge in [-0.15, -0.1) is 0 Å². The van der Waals surface area contributed by atoms with Crippen molar-refractivity contribution in [3.63, 3.8) is 0 Å². The van der Waals surface area contributed by atoms with Crippen molar-refractivity contribution in [2.24, 2.45) is 0 Å². The lowest BCUT2D eigenvalue weighted by atomic mass is 10.1. The van der Waals surface area contributed by atoms with Gasteiger partial charge in [0.2, 0.25) is 0 Å². The Labute approximate surface area is 130 Å². The van der Waals surface area contributed by atoms with Crippen LogP contribution in [0, 0.1) is 13.8 Å². The number of aromatic nitrogens is 1. The summed E-state index contributed by atoms with van der Waals surface area (Å²) in [5.74, 6) is -0.132. The number of benzene rings is 1. The largest absolute Gasteiger partial charge is 0.497 e. The molecule has 118 valence electrons. The summed E-state index contributed by atoms with van der Waals surface area (Å²) in [5, 5.41) is 9.47. The summed E-state index contributed by atoms with van der Waals surface area (Å²) in [6, 6.07) is 7.63. The minimum absolute atomic E-state index is 0.363. The second-order valence-electron chi connectivity index (χ2n) is 5.11. The predicted octanol–water partition coefficient (Wildman–Crippen LogP) is 3.13. The average molecular weight is 303 g/mol. The molecule has 0 atom stereocenters. The van der Waals surface area contributed by atoms with Crippen molar-refractivity contribution in [1.29, 1.82) is 0 Å². The Hall–Kier alpha value is -2.27. The van der Waals surface area contributed by atoms with Gasteiger partial charge >= 0.3 is 5.97 Å². The molecule has 0 fully saturated rings. The van der Waals surface area contributed by atoms with Gasteiger partial charge in [-0.2, -0.15) is 0 Å². The van der Waals surface area contributed by atoms with Crippen molar-refractivity contribution < 1.29 is 19.4 Å². The zero-order chi connectivity index (χ0) is 16.3. The van der Waals surface area contributed by atoms with Gasteiger partial charge in [0.05, 0.1) is 25.0 Å². The van der Waals surface area contributed by atoms with Crippen molar-refractivity contribution in [3.8, 4) is 17.0 Å². The maximum Gasteiger partial charge on any atom is 0.337 e. The van der Waals surface area contributed by atoms with Crippen LogP contribution in [-0.2, 0) is 11.3 Å². The van der Waals surface area contributed by atoms with Crippen LogP contribution >= 0.6 is 0 Å². The number of ether oxygens (including phenoxy) is 2. The van der Waals surface area contributed by atoms with E-state index in [0.717, 1.165) is 28.3 Å². The molecule has 5 nitrogen and oxygen atoms in total. The fraction of sp³-hybridized carbons (Fsp3) is 0.353. The molecule has 0 amide bonds. The zero-order valence-corrected chi connectivity index (χ0v) is 13.3. The maximum atomic E-state index is 11.5. The summed E-state index contributed by atoms with van der Waals surface area (Å²) in [7, 11) is 3.26. The highest BCUT2D eigenvalue weighted by atomic mass is 16.5. The molecule has 0 aliphatic rings. The summed E-state index contributed by atoms with van der Waals surface area (Å²) in [6.45, 7) is 4.81. The minimum Gasteiger partial charge on any atom is -0.497 e. The Bertz CT molecular complexity index is 671. The molecule has 1 N–H and O–H groups in total. The molecule has 0 aliphatic carbocycles. The molecular formula is C17H21NO4. The van der Waals surface area contributed by atoms with Gasteiger partial charge in [-0.05, 0) is 49.2 Å². The lowest BCUT2D eigenvalue weighted by molar-refractivity contribution is 0.0695. The van der Waals surface area contributed by atoms with Crippen LogP contribution in [-0.4, -0.2) is 36.5 Å². The topological polar surface area (TPSA) is 60.7 Å². The van der Waals surface area contributed by atoms with Crippen LogP contribution < -0.4 is 4.74 Å². The number of hydrogen-bond donors (Lipinski definition) is 1. The van der Waals surface area contributed by atoms with Crippen LogP contribution in [0.1, 0.15) is 21.6 Å². The summed E-state index contributed by atoms with van der Waals surface area (Å²) >= 11 is 0. The standard InChI is InChI=1S/C17H21NO4/c1-11-15(17(19)20)12(2)18(9-10-21-3)16(11)13-5-7-14(22-4)8-6-13/h5-8H,9-10H2,1-4H3,(H,19,20). The third-order valence-corrected chi connectivity index (χ3v) is 3.86. The molecule has 0 radical (unpaired) electrons. The van der Waals surface area contributed by atoms with Gasteiger partial charge in [0.1, 0.15) is 5.75 Å². The first kappa shape index (κ1) is 16.1. The molecule has 2 rings (SSSR count). The molecule has 0 unspecified atom stereocenters. The van der Waals surface area contributed by atoms with E-state index in [2.05, 4.69) is 0 Å². The van der Waals surface area contributed by atoms with E-state index in [0.29, 0.717) is 18.7 Å². The van der Waals surface area contributed by atoms with Crippen LogP contribution in [0.4, 0.5) is 0 Å². The smallest absolute Gasteiger partial charge is 0.337 e. The molecule has 1 aromatic carbocycles. The predicted molar refractivity (Wildman–Crippen MR) is 84.7 cm³/mol. The van der Waals surface area contributed by atoms with Crippen molar-refractivity contribution in [2.75, 3.05) is 20.8 Å². The third kappa shape index (κ3) is 2.85. The second kappa shape index (κ2) is 6.66. The van der Waals surface area contributed by atoms with Gasteiger partial charge < -0.3 is 19.1 Å². The summed E-state index contributed by atoms with van der Waals surface area (Å²) in [4.78, 5) is 11.5. The van der Waals surface area contributed by atoms with E-state index in [1.54, 1.807) is 14.2 Å². The van der Waals surface area contributed by atoms with Crippen molar-refractivity contribution in [2.45, 2.75) is 20.4 Å². The molecule has 0 spiro atoms. The van der Waals surface area contributed by atoms with E-state index < -0.39 is 5.97 Å². The molecule has 22 heavy (non-hydrogen) atoms. The first-order chi connectivity index (χ1) is 10.5. The monoisotopic (exact) mass is 303 g/mol. The Balaban J connectivity index is 2.60. The van der Waals surface area contributed by atoms with Crippen molar-refractivity contribution >= 4 is 5.97 Å². The highest BCUT2D eigenvalue weighted by molar-refractivity contribution is 5.93. The number of aromatic carboxylic acids is 1. The SMILES string of the molecule is COCCn1c(C)c(C(=O)O)c(C)c1-c1ccc(OC)cc1. The normalized spacial score (nSPS) is 10.7. The molecular weight excluding hydrogens is 282 g/mol. The summed E-state index contributed by atoms with van der Waals surface area (Å²) in [5.41, 5.74) is 3.75. The van der Waals surface area contributed by atoms with E-state index in [1.807, 2.05) is 42.7 Å². The molecule has 1 aromatic heterocycles. The van der Waals surface area contributed by atoms with Gasteiger partial charge in [0, 0.05) is 19.3 Å². The van der Waals surface area contributed by atoms with Gasteiger partial charge in [0.25, 0.3) is 0 Å². The maximum absolute atomic E-state index is 11.5. The van der Waals surface area contributed by atoms with Crippen molar-refractivity contribution in [3.05, 3.63) is 41.1 Å². The Morgan fingerprint density at radius 1 is 1.18 bits per heavy atom. The van der Waals surface area contributed by atoms with E-state index >= 15 is 0 Å². The summed E-state index contributed by atoms with van der Waals surface area (Å²) < 4.78 is 12.3. The number of nitrogens with zero attached hydrogens (tertiary/aromatic N) is 1. The van der Waals surface area contributed by atoms with E-state index in [4.69, 9.17) is 9.47 Å². The van der Waals surface area contributed by atoms with Crippen LogP contribution in [0.15, 0.2) is 24.3 Å². The third-order valence-electron chi connectivity index (χ3n) is 3.86. The second-order valence-corrected chi connectivity index (χ2v) is 5.11. The molecule has 0 saturated carbocycles. The van der Waals surface area contributed by atoms with Gasteiger partial charge in [0.15, 0.2) is 0 Å². The molecule has 0 bridgehead atoms. The number of carboxylic acids is 1. The molecule has 5 heteroatoms. The Morgan fingerprint density at radius 2 is 1.82 bits per heavy atom. The molecule has 1 heterocycles. The fourth-order valence-corrected chi connectivity index (χ4v) is 2.79. The van der Waals surface area contributed by atoms with E-state index in [-0.39, 0.29) is 0 Å². The van der Waals surface area contributed by atoms with E-state index in [1.165, 1.54) is 0 Å². The number of carbonyl (C=O) groups is 1. The number of methoxy groups -OCH3 is 2. The summed E-state index contributed by atoms with van der Waals surface area (Å²) in [6.07, 6.45) is 0. The number of rotatable bonds is 6. The number of carboxylic acid groups (broad SMARTS) is 1. The van der Waals surface area contributed by atoms with Crippen LogP contribution in [0.25, 0.3) is 11.3 Å². The van der Waals surface area contributed by atoms with E-state index in [9.17, 15) is 9.90 Å². The lowest BCUT2D eigenvalue weighted by Crippen LogP contribution is -2.08. The van der Waals surface area contributed by atoms with Gasteiger partial charge in [-0.1, -0.05) is 0 Å². The fourth-order valence-electron chi connectivity index (χ4n) is 2.79. The average Bonchev–Trinajstić information content (AvgIpc) is 2.75. The van der Waals surface area contributed by atoms with Gasteiger partial charge in [-0.25, -0.2) is 4.79 Å². The molecule has 2 aromatic rings.